The van der Waals surface area contributed by atoms with Crippen molar-refractivity contribution in [1.29, 1.82) is 0 Å². The van der Waals surface area contributed by atoms with Gasteiger partial charge in [-0.25, -0.2) is 0 Å². The Balaban J connectivity index is 2.31. The first-order valence-corrected chi connectivity index (χ1v) is 5.64. The summed E-state index contributed by atoms with van der Waals surface area (Å²) in [5.41, 5.74) is 1.03. The molecule has 0 fully saturated rings. The number of hydrogen-bond acceptors (Lipinski definition) is 4. The summed E-state index contributed by atoms with van der Waals surface area (Å²) in [6, 6.07) is 7.66. The number of hydrogen-bond donors (Lipinski definition) is 1. The van der Waals surface area contributed by atoms with Gasteiger partial charge in [0.15, 0.2) is 0 Å². The van der Waals surface area contributed by atoms with Crippen molar-refractivity contribution < 1.29 is 19.3 Å². The maximum absolute atomic E-state index is 9.76. The molecule has 4 nitrogen and oxygen atoms in total. The van der Waals surface area contributed by atoms with Crippen LogP contribution in [0.3, 0.4) is 0 Å². The second-order valence-electron chi connectivity index (χ2n) is 3.78. The van der Waals surface area contributed by atoms with E-state index in [2.05, 4.69) is 0 Å². The first-order chi connectivity index (χ1) is 8.26. The Labute approximate surface area is 102 Å². The monoisotopic (exact) mass is 240 g/mol. The highest BCUT2D eigenvalue weighted by Gasteiger charge is 2.06. The van der Waals surface area contributed by atoms with Gasteiger partial charge in [0.2, 0.25) is 0 Å². The van der Waals surface area contributed by atoms with Crippen molar-refractivity contribution in [2.45, 2.75) is 12.5 Å². The third-order valence-electron chi connectivity index (χ3n) is 2.35. The molecular weight excluding hydrogens is 220 g/mol. The van der Waals surface area contributed by atoms with Gasteiger partial charge in [-0.05, 0) is 17.7 Å². The molecule has 1 aromatic rings. The molecule has 0 amide bonds. The predicted molar refractivity (Wildman–Crippen MR) is 65.4 cm³/mol. The molecule has 1 rings (SSSR count). The summed E-state index contributed by atoms with van der Waals surface area (Å²) in [7, 11) is 3.25. The van der Waals surface area contributed by atoms with Gasteiger partial charge in [-0.3, -0.25) is 0 Å². The summed E-state index contributed by atoms with van der Waals surface area (Å²) in [5.74, 6) is 0.801. The molecule has 1 atom stereocenters. The molecule has 0 saturated carbocycles. The molecule has 0 aliphatic rings. The molecule has 96 valence electrons. The van der Waals surface area contributed by atoms with Crippen molar-refractivity contribution in [3.63, 3.8) is 0 Å². The van der Waals surface area contributed by atoms with E-state index in [1.807, 2.05) is 24.3 Å². The predicted octanol–water partition coefficient (Wildman–Crippen LogP) is 1.26. The number of rotatable bonds is 8. The van der Waals surface area contributed by atoms with E-state index in [-0.39, 0.29) is 0 Å². The van der Waals surface area contributed by atoms with E-state index < -0.39 is 6.10 Å². The minimum Gasteiger partial charge on any atom is -0.497 e. The third-order valence-corrected chi connectivity index (χ3v) is 2.35. The summed E-state index contributed by atoms with van der Waals surface area (Å²) in [4.78, 5) is 0. The molecule has 0 spiro atoms. The van der Waals surface area contributed by atoms with Crippen LogP contribution in [0.4, 0.5) is 0 Å². The third kappa shape index (κ3) is 5.68. The van der Waals surface area contributed by atoms with Crippen LogP contribution in [-0.2, 0) is 15.9 Å². The molecule has 0 saturated heterocycles. The second-order valence-corrected chi connectivity index (χ2v) is 3.78. The van der Waals surface area contributed by atoms with Gasteiger partial charge in [-0.2, -0.15) is 0 Å². The molecule has 0 heterocycles. The number of methoxy groups -OCH3 is 2. The number of aliphatic hydroxyl groups is 1. The van der Waals surface area contributed by atoms with Crippen LogP contribution in [0.2, 0.25) is 0 Å². The van der Waals surface area contributed by atoms with Gasteiger partial charge >= 0.3 is 0 Å². The molecule has 1 N–H and O–H groups in total. The minimum atomic E-state index is -0.501. The molecular formula is C13H20O4. The van der Waals surface area contributed by atoms with E-state index >= 15 is 0 Å². The Bertz CT molecular complexity index is 314. The number of aliphatic hydroxyl groups excluding tert-OH is 1. The molecule has 4 heteroatoms. The fourth-order valence-corrected chi connectivity index (χ4v) is 1.49. The lowest BCUT2D eigenvalue weighted by Crippen LogP contribution is -2.19. The van der Waals surface area contributed by atoms with Crippen molar-refractivity contribution >= 4 is 0 Å². The van der Waals surface area contributed by atoms with Crippen LogP contribution in [-0.4, -0.2) is 45.3 Å². The molecule has 17 heavy (non-hydrogen) atoms. The van der Waals surface area contributed by atoms with E-state index in [0.717, 1.165) is 11.3 Å². The topological polar surface area (TPSA) is 47.9 Å². The van der Waals surface area contributed by atoms with Crippen LogP contribution in [0.25, 0.3) is 0 Å². The van der Waals surface area contributed by atoms with Crippen LogP contribution in [0.15, 0.2) is 24.3 Å². The van der Waals surface area contributed by atoms with Crippen LogP contribution >= 0.6 is 0 Å². The largest absolute Gasteiger partial charge is 0.497 e. The molecule has 1 unspecified atom stereocenters. The summed E-state index contributed by atoms with van der Waals surface area (Å²) in [6.45, 7) is 1.37. The smallest absolute Gasteiger partial charge is 0.119 e. The zero-order chi connectivity index (χ0) is 12.5. The van der Waals surface area contributed by atoms with E-state index in [4.69, 9.17) is 14.2 Å². The Morgan fingerprint density at radius 2 is 2.06 bits per heavy atom. The van der Waals surface area contributed by atoms with Crippen molar-refractivity contribution in [3.8, 4) is 5.75 Å². The van der Waals surface area contributed by atoms with Crippen LogP contribution in [0.1, 0.15) is 5.56 Å². The maximum atomic E-state index is 9.76. The average molecular weight is 240 g/mol. The Kier molecular flexibility index (Phi) is 6.62. The molecule has 0 bridgehead atoms. The fourth-order valence-electron chi connectivity index (χ4n) is 1.49. The van der Waals surface area contributed by atoms with E-state index in [1.54, 1.807) is 14.2 Å². The lowest BCUT2D eigenvalue weighted by atomic mass is 10.1. The Morgan fingerprint density at radius 3 is 2.76 bits per heavy atom. The molecule has 0 aromatic heterocycles. The van der Waals surface area contributed by atoms with Gasteiger partial charge in [-0.1, -0.05) is 12.1 Å². The lowest BCUT2D eigenvalue weighted by molar-refractivity contribution is 0.0137. The maximum Gasteiger partial charge on any atom is 0.119 e. The van der Waals surface area contributed by atoms with Gasteiger partial charge in [0.1, 0.15) is 5.75 Å². The number of ether oxygens (including phenoxy) is 3. The van der Waals surface area contributed by atoms with Gasteiger partial charge in [0.05, 0.1) is 33.0 Å². The van der Waals surface area contributed by atoms with Crippen molar-refractivity contribution in [1.82, 2.24) is 0 Å². The van der Waals surface area contributed by atoms with Gasteiger partial charge in [-0.15, -0.1) is 0 Å². The van der Waals surface area contributed by atoms with Gasteiger partial charge in [0, 0.05) is 13.5 Å². The van der Waals surface area contributed by atoms with E-state index in [9.17, 15) is 5.11 Å². The van der Waals surface area contributed by atoms with Crippen LogP contribution in [0, 0.1) is 0 Å². The highest BCUT2D eigenvalue weighted by molar-refractivity contribution is 5.28. The summed E-state index contributed by atoms with van der Waals surface area (Å²) >= 11 is 0. The lowest BCUT2D eigenvalue weighted by Gasteiger charge is -2.11. The summed E-state index contributed by atoms with van der Waals surface area (Å²) in [6.07, 6.45) is 0.0587. The van der Waals surface area contributed by atoms with Crippen molar-refractivity contribution in [2.75, 3.05) is 34.0 Å². The Morgan fingerprint density at radius 1 is 1.24 bits per heavy atom. The Hall–Kier alpha value is -1.10. The SMILES string of the molecule is COCCOCC(O)Cc1cccc(OC)c1. The number of benzene rings is 1. The first kappa shape index (κ1) is 14.0. The fraction of sp³-hybridized carbons (Fsp3) is 0.538. The van der Waals surface area contributed by atoms with Gasteiger partial charge in [0.25, 0.3) is 0 Å². The molecule has 0 aliphatic heterocycles. The summed E-state index contributed by atoms with van der Waals surface area (Å²) in [5, 5.41) is 9.76. The standard InChI is InChI=1S/C13H20O4/c1-15-6-7-17-10-12(14)8-11-4-3-5-13(9-11)16-2/h3-5,9,12,14H,6-8,10H2,1-2H3. The van der Waals surface area contributed by atoms with Gasteiger partial charge < -0.3 is 19.3 Å². The normalized spacial score (nSPS) is 12.4. The molecule has 0 radical (unpaired) electrons. The highest BCUT2D eigenvalue weighted by Crippen LogP contribution is 2.14. The molecule has 1 aromatic carbocycles. The van der Waals surface area contributed by atoms with Crippen LogP contribution in [0.5, 0.6) is 5.75 Å². The van der Waals surface area contributed by atoms with Crippen LogP contribution < -0.4 is 4.74 Å². The summed E-state index contributed by atoms with van der Waals surface area (Å²) < 4.78 is 15.2. The van der Waals surface area contributed by atoms with Crippen molar-refractivity contribution in [2.24, 2.45) is 0 Å². The zero-order valence-corrected chi connectivity index (χ0v) is 10.4. The average Bonchev–Trinajstić information content (AvgIpc) is 2.35. The second kappa shape index (κ2) is 8.06. The van der Waals surface area contributed by atoms with E-state index in [0.29, 0.717) is 26.2 Å². The molecule has 0 aliphatic carbocycles. The van der Waals surface area contributed by atoms with Crippen molar-refractivity contribution in [3.05, 3.63) is 29.8 Å². The highest BCUT2D eigenvalue weighted by atomic mass is 16.5. The minimum absolute atomic E-state index is 0.320. The quantitative estimate of drug-likeness (QED) is 0.695. The first-order valence-electron chi connectivity index (χ1n) is 5.64. The zero-order valence-electron chi connectivity index (χ0n) is 10.4. The van der Waals surface area contributed by atoms with E-state index in [1.165, 1.54) is 0 Å².